The Labute approximate surface area is 173 Å². The van der Waals surface area contributed by atoms with Gasteiger partial charge in [0.25, 0.3) is 11.8 Å². The molecular formula is C21H21N3O4S. The molecule has 0 saturated carbocycles. The first-order valence-corrected chi connectivity index (χ1v) is 9.31. The van der Waals surface area contributed by atoms with Gasteiger partial charge in [-0.25, -0.2) is 4.79 Å². The molecule has 7 nitrogen and oxygen atoms in total. The number of carboxylic acids is 1. The average molecular weight is 411 g/mol. The number of aromatic nitrogens is 1. The topological polar surface area (TPSA) is 82.8 Å². The van der Waals surface area contributed by atoms with Gasteiger partial charge in [-0.3, -0.25) is 19.4 Å². The van der Waals surface area contributed by atoms with Crippen molar-refractivity contribution in [2.24, 2.45) is 0 Å². The van der Waals surface area contributed by atoms with Crippen molar-refractivity contribution < 1.29 is 19.5 Å². The van der Waals surface area contributed by atoms with Crippen LogP contribution in [0, 0.1) is 20.8 Å². The maximum Gasteiger partial charge on any atom is 0.336 e. The van der Waals surface area contributed by atoms with Crippen LogP contribution in [0.2, 0.25) is 0 Å². The van der Waals surface area contributed by atoms with Crippen molar-refractivity contribution >= 4 is 41.2 Å². The van der Waals surface area contributed by atoms with Crippen molar-refractivity contribution in [2.45, 2.75) is 20.8 Å². The number of benzene rings is 1. The predicted octanol–water partition coefficient (Wildman–Crippen LogP) is 2.70. The molecule has 1 N–H and O–H groups in total. The number of rotatable bonds is 3. The number of carbonyl (C=O) groups excluding carboxylic acids is 2. The monoisotopic (exact) mass is 411 g/mol. The van der Waals surface area contributed by atoms with Gasteiger partial charge in [0, 0.05) is 31.2 Å². The molecule has 150 valence electrons. The lowest BCUT2D eigenvalue weighted by Gasteiger charge is -2.31. The van der Waals surface area contributed by atoms with Gasteiger partial charge in [-0.1, -0.05) is 6.07 Å². The summed E-state index contributed by atoms with van der Waals surface area (Å²) in [6.45, 7) is 5.51. The molecule has 0 unspecified atom stereocenters. The van der Waals surface area contributed by atoms with Crippen LogP contribution >= 0.6 is 12.2 Å². The highest BCUT2D eigenvalue weighted by molar-refractivity contribution is 7.80. The van der Waals surface area contributed by atoms with Crippen LogP contribution in [0.4, 0.5) is 0 Å². The molecule has 0 bridgehead atoms. The standard InChI is InChI=1S/C21H21N3O4S/c1-11-9-14(10-16-18(25)22(4)21(29)23(5)19(16)26)13(3)24(11)17-8-6-7-15(12(17)2)20(27)28/h6-10H,1-5H3,(H,27,28). The van der Waals surface area contributed by atoms with Crippen LogP contribution in [0.5, 0.6) is 0 Å². The van der Waals surface area contributed by atoms with Crippen molar-refractivity contribution in [2.75, 3.05) is 14.1 Å². The van der Waals surface area contributed by atoms with Crippen LogP contribution in [0.15, 0.2) is 29.8 Å². The normalized spacial score (nSPS) is 14.7. The van der Waals surface area contributed by atoms with Gasteiger partial charge < -0.3 is 9.67 Å². The Balaban J connectivity index is 2.15. The van der Waals surface area contributed by atoms with E-state index in [9.17, 15) is 19.5 Å². The molecule has 0 spiro atoms. The van der Waals surface area contributed by atoms with E-state index < -0.39 is 17.8 Å². The minimum absolute atomic E-state index is 0.0276. The summed E-state index contributed by atoms with van der Waals surface area (Å²) in [5, 5.41) is 9.57. The third-order valence-corrected chi connectivity index (χ3v) is 5.74. The number of carboxylic acid groups (broad SMARTS) is 1. The number of aromatic carboxylic acids is 1. The summed E-state index contributed by atoms with van der Waals surface area (Å²) in [5.41, 5.74) is 3.97. The fourth-order valence-electron chi connectivity index (χ4n) is 3.53. The zero-order valence-electron chi connectivity index (χ0n) is 16.8. The molecule has 0 atom stereocenters. The fourth-order valence-corrected chi connectivity index (χ4v) is 3.70. The Bertz CT molecular complexity index is 1090. The minimum atomic E-state index is -0.991. The van der Waals surface area contributed by atoms with Gasteiger partial charge in [-0.2, -0.15) is 0 Å². The molecule has 1 aromatic carbocycles. The highest BCUT2D eigenvalue weighted by Crippen LogP contribution is 2.27. The number of amides is 2. The maximum absolute atomic E-state index is 12.6. The van der Waals surface area contributed by atoms with E-state index in [2.05, 4.69) is 0 Å². The van der Waals surface area contributed by atoms with Crippen LogP contribution in [-0.4, -0.2) is 56.5 Å². The van der Waals surface area contributed by atoms with Gasteiger partial charge in [0.05, 0.1) is 5.56 Å². The van der Waals surface area contributed by atoms with Crippen LogP contribution < -0.4 is 0 Å². The summed E-state index contributed by atoms with van der Waals surface area (Å²) < 4.78 is 1.92. The van der Waals surface area contributed by atoms with Crippen molar-refractivity contribution in [1.29, 1.82) is 0 Å². The van der Waals surface area contributed by atoms with E-state index in [1.165, 1.54) is 23.9 Å². The summed E-state index contributed by atoms with van der Waals surface area (Å²) in [5.74, 6) is -1.89. The lowest BCUT2D eigenvalue weighted by molar-refractivity contribution is -0.132. The second-order valence-corrected chi connectivity index (χ2v) is 7.35. The van der Waals surface area contributed by atoms with Gasteiger partial charge in [0.1, 0.15) is 5.57 Å². The Morgan fingerprint density at radius 3 is 2.21 bits per heavy atom. The van der Waals surface area contributed by atoms with Crippen molar-refractivity contribution in [1.82, 2.24) is 14.4 Å². The smallest absolute Gasteiger partial charge is 0.336 e. The molecule has 1 fully saturated rings. The van der Waals surface area contributed by atoms with Gasteiger partial charge in [-0.05, 0) is 68.4 Å². The number of hydrogen-bond acceptors (Lipinski definition) is 4. The van der Waals surface area contributed by atoms with E-state index in [0.29, 0.717) is 11.1 Å². The quantitative estimate of drug-likeness (QED) is 0.477. The molecule has 0 radical (unpaired) electrons. The number of hydrogen-bond donors (Lipinski definition) is 1. The van der Waals surface area contributed by atoms with Gasteiger partial charge in [-0.15, -0.1) is 0 Å². The molecule has 1 aliphatic heterocycles. The van der Waals surface area contributed by atoms with Crippen LogP contribution in [0.25, 0.3) is 11.8 Å². The highest BCUT2D eigenvalue weighted by atomic mass is 32.1. The largest absolute Gasteiger partial charge is 0.478 e. The zero-order valence-corrected chi connectivity index (χ0v) is 17.6. The first-order valence-electron chi connectivity index (χ1n) is 8.90. The van der Waals surface area contributed by atoms with E-state index in [0.717, 1.165) is 17.1 Å². The summed E-state index contributed by atoms with van der Waals surface area (Å²) in [7, 11) is 3.07. The molecule has 2 heterocycles. The SMILES string of the molecule is Cc1c(C(=O)O)cccc1-n1c(C)cc(C=C2C(=O)N(C)C(=S)N(C)C2=O)c1C. The van der Waals surface area contributed by atoms with E-state index in [1.807, 2.05) is 30.5 Å². The number of carbonyl (C=O) groups is 3. The Hall–Kier alpha value is -3.26. The summed E-state index contributed by atoms with van der Waals surface area (Å²) >= 11 is 5.12. The second kappa shape index (κ2) is 7.29. The average Bonchev–Trinajstić information content (AvgIpc) is 2.95. The first kappa shape index (κ1) is 20.5. The molecule has 3 rings (SSSR count). The molecule has 2 aromatic rings. The highest BCUT2D eigenvalue weighted by Gasteiger charge is 2.35. The number of nitrogens with zero attached hydrogens (tertiary/aromatic N) is 3. The number of thiocarbonyl (C=S) groups is 1. The van der Waals surface area contributed by atoms with Crippen molar-refractivity contribution in [3.05, 3.63) is 57.9 Å². The van der Waals surface area contributed by atoms with Crippen LogP contribution in [0.1, 0.15) is 32.9 Å². The second-order valence-electron chi connectivity index (χ2n) is 6.99. The van der Waals surface area contributed by atoms with Crippen LogP contribution in [-0.2, 0) is 9.59 Å². The summed E-state index contributed by atoms with van der Waals surface area (Å²) in [6.07, 6.45) is 1.56. The van der Waals surface area contributed by atoms with Gasteiger partial charge in [0.15, 0.2) is 5.11 Å². The Kier molecular flexibility index (Phi) is 5.15. The number of aryl methyl sites for hydroxylation is 1. The third kappa shape index (κ3) is 3.25. The first-order chi connectivity index (χ1) is 13.6. The predicted molar refractivity (Wildman–Crippen MR) is 113 cm³/mol. The fraction of sp³-hybridized carbons (Fsp3) is 0.238. The van der Waals surface area contributed by atoms with Crippen molar-refractivity contribution in [3.8, 4) is 5.69 Å². The molecule has 1 saturated heterocycles. The lowest BCUT2D eigenvalue weighted by atomic mass is 10.1. The van der Waals surface area contributed by atoms with Crippen molar-refractivity contribution in [3.63, 3.8) is 0 Å². The molecule has 1 aromatic heterocycles. The Morgan fingerprint density at radius 2 is 1.66 bits per heavy atom. The molecule has 1 aliphatic rings. The summed E-state index contributed by atoms with van der Waals surface area (Å²) in [6, 6.07) is 6.96. The van der Waals surface area contributed by atoms with E-state index in [1.54, 1.807) is 25.1 Å². The Morgan fingerprint density at radius 1 is 1.07 bits per heavy atom. The zero-order chi connectivity index (χ0) is 21.6. The lowest BCUT2D eigenvalue weighted by Crippen LogP contribution is -2.52. The van der Waals surface area contributed by atoms with E-state index in [4.69, 9.17) is 12.2 Å². The van der Waals surface area contributed by atoms with Crippen LogP contribution in [0.3, 0.4) is 0 Å². The van der Waals surface area contributed by atoms with Gasteiger partial charge in [0.2, 0.25) is 0 Å². The van der Waals surface area contributed by atoms with Gasteiger partial charge >= 0.3 is 5.97 Å². The third-order valence-electron chi connectivity index (χ3n) is 5.19. The molecule has 29 heavy (non-hydrogen) atoms. The molecule has 0 aliphatic carbocycles. The molecular weight excluding hydrogens is 390 g/mol. The minimum Gasteiger partial charge on any atom is -0.478 e. The summed E-state index contributed by atoms with van der Waals surface area (Å²) in [4.78, 5) is 39.2. The molecule has 8 heteroatoms. The maximum atomic E-state index is 12.6. The molecule has 2 amide bonds. The number of likely N-dealkylation sites (N-methyl/N-ethyl adjacent to an activating group) is 2. The van der Waals surface area contributed by atoms with E-state index >= 15 is 0 Å². The van der Waals surface area contributed by atoms with E-state index in [-0.39, 0.29) is 16.2 Å².